The largest absolute Gasteiger partial charge is 0.294 e. The van der Waals surface area contributed by atoms with Crippen LogP contribution in [0.1, 0.15) is 0 Å². The number of hydrogen-bond acceptors (Lipinski definition) is 2. The maximum atomic E-state index is 5.13. The van der Waals surface area contributed by atoms with Crippen LogP contribution in [0.3, 0.4) is 0 Å². The predicted molar refractivity (Wildman–Crippen MR) is 197 cm³/mol. The Morgan fingerprint density at radius 2 is 1.02 bits per heavy atom. The van der Waals surface area contributed by atoms with E-state index in [2.05, 4.69) is 176 Å². The zero-order chi connectivity index (χ0) is 30.5. The van der Waals surface area contributed by atoms with Gasteiger partial charge in [0.2, 0.25) is 0 Å². The van der Waals surface area contributed by atoms with Gasteiger partial charge in [-0.15, -0.1) is 0 Å². The Kier molecular flexibility index (Phi) is 6.51. The molecular weight excluding hydrogens is 561 g/mol. The summed E-state index contributed by atoms with van der Waals surface area (Å²) >= 11 is 0. The van der Waals surface area contributed by atoms with Gasteiger partial charge in [-0.3, -0.25) is 4.90 Å². The van der Waals surface area contributed by atoms with Gasteiger partial charge in [0, 0.05) is 22.7 Å². The Bertz CT molecular complexity index is 2300. The molecule has 3 heteroatoms. The third kappa shape index (κ3) is 4.59. The van der Waals surface area contributed by atoms with Crippen LogP contribution in [0, 0.1) is 0 Å². The summed E-state index contributed by atoms with van der Waals surface area (Å²) in [4.78, 5) is 7.48. The first-order valence-corrected chi connectivity index (χ1v) is 19.1. The molecule has 0 aliphatic carbocycles. The molecule has 1 heterocycles. The second kappa shape index (κ2) is 10.7. The number of para-hydroxylation sites is 1. The summed E-state index contributed by atoms with van der Waals surface area (Å²) in [6, 6.07) is 52.9. The van der Waals surface area contributed by atoms with Gasteiger partial charge in [-0.2, -0.15) is 0 Å². The van der Waals surface area contributed by atoms with Gasteiger partial charge >= 0.3 is 0 Å². The number of nitrogens with zero attached hydrogens (tertiary/aromatic N) is 2. The quantitative estimate of drug-likeness (QED) is 0.112. The number of pyridine rings is 1. The molecule has 8 rings (SSSR count). The molecule has 0 aliphatic heterocycles. The molecule has 0 N–H and O–H groups in total. The van der Waals surface area contributed by atoms with E-state index in [4.69, 9.17) is 4.98 Å². The maximum absolute atomic E-state index is 5.13. The van der Waals surface area contributed by atoms with Gasteiger partial charge in [0.25, 0.3) is 0 Å². The summed E-state index contributed by atoms with van der Waals surface area (Å²) in [5.74, 6) is 0.919. The molecule has 45 heavy (non-hydrogen) atoms. The number of hydrogen-bond donors (Lipinski definition) is 0. The van der Waals surface area contributed by atoms with E-state index < -0.39 is 8.07 Å². The van der Waals surface area contributed by atoms with Crippen LogP contribution in [0.15, 0.2) is 152 Å². The van der Waals surface area contributed by atoms with E-state index in [-0.39, 0.29) is 0 Å². The summed E-state index contributed by atoms with van der Waals surface area (Å²) < 4.78 is 0. The van der Waals surface area contributed by atoms with Crippen molar-refractivity contribution in [2.24, 2.45) is 0 Å². The van der Waals surface area contributed by atoms with Crippen molar-refractivity contribution in [1.82, 2.24) is 4.98 Å². The molecule has 0 atom stereocenters. The minimum atomic E-state index is -1.51. The molecule has 8 aromatic rings. The van der Waals surface area contributed by atoms with Gasteiger partial charge in [-0.1, -0.05) is 141 Å². The van der Waals surface area contributed by atoms with Crippen LogP contribution >= 0.6 is 0 Å². The molecule has 0 aliphatic rings. The highest BCUT2D eigenvalue weighted by atomic mass is 28.3. The van der Waals surface area contributed by atoms with Crippen LogP contribution in [-0.2, 0) is 0 Å². The lowest BCUT2D eigenvalue weighted by atomic mass is 9.86. The van der Waals surface area contributed by atoms with E-state index in [1.807, 2.05) is 0 Å². The molecule has 0 unspecified atom stereocenters. The van der Waals surface area contributed by atoms with Crippen molar-refractivity contribution in [1.29, 1.82) is 0 Å². The van der Waals surface area contributed by atoms with Crippen LogP contribution < -0.4 is 10.1 Å². The molecule has 0 fully saturated rings. The summed E-state index contributed by atoms with van der Waals surface area (Å²) in [5.41, 5.74) is 4.76. The number of aromatic nitrogens is 1. The molecule has 0 spiro atoms. The predicted octanol–water partition coefficient (Wildman–Crippen LogP) is 11.4. The zero-order valence-corrected chi connectivity index (χ0v) is 26.8. The van der Waals surface area contributed by atoms with Crippen molar-refractivity contribution in [3.8, 4) is 11.1 Å². The molecular formula is C42H34N2Si. The summed E-state index contributed by atoms with van der Waals surface area (Å²) in [6.45, 7) is 7.11. The van der Waals surface area contributed by atoms with E-state index in [0.29, 0.717) is 0 Å². The highest BCUT2D eigenvalue weighted by molar-refractivity contribution is 6.88. The van der Waals surface area contributed by atoms with Gasteiger partial charge in [-0.25, -0.2) is 4.98 Å². The summed E-state index contributed by atoms with van der Waals surface area (Å²) in [7, 11) is -1.51. The van der Waals surface area contributed by atoms with Gasteiger partial charge < -0.3 is 0 Å². The number of rotatable bonds is 5. The Morgan fingerprint density at radius 1 is 0.489 bits per heavy atom. The van der Waals surface area contributed by atoms with E-state index in [9.17, 15) is 0 Å². The second-order valence-corrected chi connectivity index (χ2v) is 17.9. The standard InChI is InChI=1S/C42H34N2Si/c1-45(2,3)31-25-26-40(43-28-31)44(30-16-5-4-6-17-30)42-37-23-13-11-21-35(37)41(36-22-12-14-24-38(36)42)39-27-29-15-7-8-18-32(29)33-19-9-10-20-34(33)39/h4-28H,1-3H3. The second-order valence-electron chi connectivity index (χ2n) is 12.8. The van der Waals surface area contributed by atoms with E-state index in [1.165, 1.54) is 59.4 Å². The van der Waals surface area contributed by atoms with Crippen LogP contribution in [0.25, 0.3) is 54.2 Å². The van der Waals surface area contributed by atoms with Gasteiger partial charge in [0.1, 0.15) is 5.82 Å². The molecule has 2 nitrogen and oxygen atoms in total. The molecule has 7 aromatic carbocycles. The van der Waals surface area contributed by atoms with Gasteiger partial charge in [-0.05, 0) is 72.9 Å². The van der Waals surface area contributed by atoms with Gasteiger partial charge in [0.05, 0.1) is 13.8 Å². The fourth-order valence-corrected chi connectivity index (χ4v) is 7.85. The highest BCUT2D eigenvalue weighted by Crippen LogP contribution is 2.49. The van der Waals surface area contributed by atoms with Crippen molar-refractivity contribution in [2.45, 2.75) is 19.6 Å². The Hall–Kier alpha value is -5.25. The first-order valence-electron chi connectivity index (χ1n) is 15.6. The van der Waals surface area contributed by atoms with Crippen molar-refractivity contribution >= 4 is 73.5 Å². The number of fused-ring (bicyclic) bond motifs is 5. The molecule has 0 amide bonds. The Balaban J connectivity index is 1.50. The average molecular weight is 595 g/mol. The number of benzene rings is 7. The molecule has 0 radical (unpaired) electrons. The van der Waals surface area contributed by atoms with Crippen molar-refractivity contribution < 1.29 is 0 Å². The van der Waals surface area contributed by atoms with Crippen molar-refractivity contribution in [3.05, 3.63) is 152 Å². The molecule has 216 valence electrons. The van der Waals surface area contributed by atoms with Crippen LogP contribution in [0.5, 0.6) is 0 Å². The van der Waals surface area contributed by atoms with Crippen LogP contribution in [-0.4, -0.2) is 13.1 Å². The van der Waals surface area contributed by atoms with Crippen LogP contribution in [0.4, 0.5) is 17.2 Å². The fraction of sp³-hybridized carbons (Fsp3) is 0.0714. The van der Waals surface area contributed by atoms with E-state index in [0.717, 1.165) is 17.2 Å². The lowest BCUT2D eigenvalue weighted by molar-refractivity contribution is 1.20. The monoisotopic (exact) mass is 594 g/mol. The minimum absolute atomic E-state index is 0.919. The third-order valence-corrected chi connectivity index (χ3v) is 11.0. The van der Waals surface area contributed by atoms with E-state index in [1.54, 1.807) is 0 Å². The normalized spacial score (nSPS) is 11.9. The highest BCUT2D eigenvalue weighted by Gasteiger charge is 2.24. The molecule has 0 saturated carbocycles. The third-order valence-electron chi connectivity index (χ3n) is 9.02. The zero-order valence-electron chi connectivity index (χ0n) is 25.8. The molecule has 1 aromatic heterocycles. The molecule has 0 saturated heterocycles. The Labute approximate surface area is 265 Å². The molecule has 0 bridgehead atoms. The Morgan fingerprint density at radius 3 is 1.62 bits per heavy atom. The minimum Gasteiger partial charge on any atom is -0.294 e. The van der Waals surface area contributed by atoms with Crippen LogP contribution in [0.2, 0.25) is 19.6 Å². The lowest BCUT2D eigenvalue weighted by Crippen LogP contribution is -2.37. The SMILES string of the molecule is C[Si](C)(C)c1ccc(N(c2ccccc2)c2c3ccccc3c(-c3cc4ccccc4c4ccccc34)c3ccccc23)nc1. The maximum Gasteiger partial charge on any atom is 0.137 e. The first-order chi connectivity index (χ1) is 22.0. The van der Waals surface area contributed by atoms with Crippen molar-refractivity contribution in [3.63, 3.8) is 0 Å². The number of anilines is 3. The van der Waals surface area contributed by atoms with E-state index >= 15 is 0 Å². The fourth-order valence-electron chi connectivity index (χ4n) is 6.81. The smallest absolute Gasteiger partial charge is 0.137 e. The van der Waals surface area contributed by atoms with Crippen molar-refractivity contribution in [2.75, 3.05) is 4.90 Å². The van der Waals surface area contributed by atoms with Gasteiger partial charge in [0.15, 0.2) is 0 Å². The summed E-state index contributed by atoms with van der Waals surface area (Å²) in [6.07, 6.45) is 2.09. The lowest BCUT2D eigenvalue weighted by Gasteiger charge is -2.29. The first kappa shape index (κ1) is 27.3. The topological polar surface area (TPSA) is 16.1 Å². The summed E-state index contributed by atoms with van der Waals surface area (Å²) in [5, 5.41) is 11.3. The average Bonchev–Trinajstić information content (AvgIpc) is 3.08.